The first-order valence-corrected chi connectivity index (χ1v) is 16.8. The first-order chi connectivity index (χ1) is 24.3. The molecule has 1 aliphatic rings. The predicted molar refractivity (Wildman–Crippen MR) is 191 cm³/mol. The van der Waals surface area contributed by atoms with E-state index in [2.05, 4.69) is 30.6 Å². The highest BCUT2D eigenvalue weighted by molar-refractivity contribution is 6.17. The second-order valence-electron chi connectivity index (χ2n) is 12.8. The number of hydrogen-bond acceptors (Lipinski definition) is 11. The molecule has 0 radical (unpaired) electrons. The Balaban J connectivity index is 1.24. The predicted octanol–water partition coefficient (Wildman–Crippen LogP) is 4.16. The van der Waals surface area contributed by atoms with Crippen LogP contribution in [0.25, 0.3) is 22.5 Å². The second kappa shape index (κ2) is 15.8. The van der Waals surface area contributed by atoms with Gasteiger partial charge in [-0.1, -0.05) is 54.6 Å². The number of anilines is 2. The summed E-state index contributed by atoms with van der Waals surface area (Å²) in [5, 5.41) is 14.1. The van der Waals surface area contributed by atoms with Crippen molar-refractivity contribution in [3.8, 4) is 28.4 Å². The van der Waals surface area contributed by atoms with Gasteiger partial charge in [-0.25, -0.2) is 9.88 Å². The number of tetrazole rings is 1. The highest BCUT2D eigenvalue weighted by atomic mass is 16.5. The lowest BCUT2D eigenvalue weighted by molar-refractivity contribution is -0.130. The van der Waals surface area contributed by atoms with Crippen molar-refractivity contribution in [3.05, 3.63) is 96.2 Å². The van der Waals surface area contributed by atoms with E-state index in [1.54, 1.807) is 30.5 Å². The number of carbonyl (C=O) groups is 2. The number of rotatable bonds is 12. The molecule has 3 aromatic carbocycles. The van der Waals surface area contributed by atoms with Gasteiger partial charge in [0, 0.05) is 31.8 Å². The van der Waals surface area contributed by atoms with Gasteiger partial charge in [-0.15, -0.1) is 10.2 Å². The molecule has 2 amide bonds. The molecule has 1 aliphatic carbocycles. The summed E-state index contributed by atoms with van der Waals surface area (Å²) in [7, 11) is 3.74. The first kappa shape index (κ1) is 34.3. The summed E-state index contributed by atoms with van der Waals surface area (Å²) < 4.78 is 6.22. The molecule has 0 saturated heterocycles. The minimum absolute atomic E-state index is 0.203. The molecule has 13 heteroatoms. The molecule has 0 aliphatic heterocycles. The maximum atomic E-state index is 14.2. The van der Waals surface area contributed by atoms with Crippen molar-refractivity contribution in [3.63, 3.8) is 0 Å². The molecule has 50 heavy (non-hydrogen) atoms. The molecule has 5 aromatic rings. The third kappa shape index (κ3) is 8.01. The standard InChI is InChI=1S/C37H42N10O3/c1-46(2)37-40-22-31(34(41-37)50-23-25-7-4-3-5-8-25)29-10-6-9-26(19-29)20-32(39)36(49)47(35(48)28-13-11-24(21-38)12-14-28)30-17-15-27(16-18-30)33-42-44-45-43-33/h3-10,15-19,22,24,28,32H,11-14,20-21,23,38-39H2,1-2H3,(H,42,43,44,45)/t24?,28?,32-/m0/s1. The lowest BCUT2D eigenvalue weighted by atomic mass is 9.81. The van der Waals surface area contributed by atoms with Gasteiger partial charge in [0.2, 0.25) is 23.6 Å². The van der Waals surface area contributed by atoms with E-state index >= 15 is 0 Å². The van der Waals surface area contributed by atoms with E-state index in [4.69, 9.17) is 16.2 Å². The molecule has 6 rings (SSSR count). The molecule has 258 valence electrons. The van der Waals surface area contributed by atoms with Gasteiger partial charge in [0.05, 0.1) is 17.3 Å². The Labute approximate surface area is 291 Å². The van der Waals surface area contributed by atoms with Gasteiger partial charge < -0.3 is 21.1 Å². The van der Waals surface area contributed by atoms with E-state index in [9.17, 15) is 9.59 Å². The molecule has 1 fully saturated rings. The Morgan fingerprint density at radius 1 is 0.940 bits per heavy atom. The number of amides is 2. The number of nitrogens with one attached hydrogen (secondary N) is 1. The average Bonchev–Trinajstić information content (AvgIpc) is 3.70. The van der Waals surface area contributed by atoms with Crippen LogP contribution in [-0.2, 0) is 22.6 Å². The minimum Gasteiger partial charge on any atom is -0.472 e. The van der Waals surface area contributed by atoms with Crippen LogP contribution in [0.3, 0.4) is 0 Å². The van der Waals surface area contributed by atoms with Crippen molar-refractivity contribution in [2.75, 3.05) is 30.4 Å². The summed E-state index contributed by atoms with van der Waals surface area (Å²) in [5.41, 5.74) is 17.0. The van der Waals surface area contributed by atoms with E-state index < -0.39 is 11.9 Å². The molecule has 2 aromatic heterocycles. The van der Waals surface area contributed by atoms with Crippen molar-refractivity contribution >= 4 is 23.5 Å². The smallest absolute Gasteiger partial charge is 0.251 e. The van der Waals surface area contributed by atoms with Crippen molar-refractivity contribution in [1.29, 1.82) is 0 Å². The van der Waals surface area contributed by atoms with Crippen LogP contribution in [0.4, 0.5) is 11.6 Å². The zero-order valence-electron chi connectivity index (χ0n) is 28.3. The summed E-state index contributed by atoms with van der Waals surface area (Å²) >= 11 is 0. The number of aromatic nitrogens is 6. The maximum absolute atomic E-state index is 14.2. The van der Waals surface area contributed by atoms with Crippen molar-refractivity contribution in [1.82, 2.24) is 30.6 Å². The maximum Gasteiger partial charge on any atom is 0.251 e. The molecular formula is C37H42N10O3. The number of carbonyl (C=O) groups excluding carboxylic acids is 2. The summed E-state index contributed by atoms with van der Waals surface area (Å²) in [5.74, 6) is 0.740. The lowest BCUT2D eigenvalue weighted by Crippen LogP contribution is -2.50. The third-order valence-corrected chi connectivity index (χ3v) is 9.07. The van der Waals surface area contributed by atoms with Crippen LogP contribution in [-0.4, -0.2) is 69.1 Å². The fourth-order valence-electron chi connectivity index (χ4n) is 6.21. The number of benzene rings is 3. The van der Waals surface area contributed by atoms with E-state index in [-0.39, 0.29) is 18.2 Å². The monoisotopic (exact) mass is 674 g/mol. The number of ether oxygens (including phenoxy) is 1. The zero-order chi connectivity index (χ0) is 35.0. The van der Waals surface area contributed by atoms with Gasteiger partial charge in [-0.3, -0.25) is 9.59 Å². The highest BCUT2D eigenvalue weighted by Gasteiger charge is 2.35. The lowest BCUT2D eigenvalue weighted by Gasteiger charge is -2.32. The Kier molecular flexibility index (Phi) is 10.8. The van der Waals surface area contributed by atoms with Gasteiger partial charge in [-0.2, -0.15) is 10.2 Å². The van der Waals surface area contributed by atoms with Gasteiger partial charge in [0.15, 0.2) is 0 Å². The molecule has 13 nitrogen and oxygen atoms in total. The zero-order valence-corrected chi connectivity index (χ0v) is 28.3. The van der Waals surface area contributed by atoms with E-state index in [0.29, 0.717) is 66.4 Å². The second-order valence-corrected chi connectivity index (χ2v) is 12.8. The molecule has 0 bridgehead atoms. The molecule has 0 unspecified atom stereocenters. The molecule has 1 atom stereocenters. The Morgan fingerprint density at radius 3 is 2.36 bits per heavy atom. The normalized spacial score (nSPS) is 16.4. The van der Waals surface area contributed by atoms with Crippen LogP contribution in [0, 0.1) is 11.8 Å². The number of nitrogens with zero attached hydrogens (tertiary/aromatic N) is 7. The Morgan fingerprint density at radius 2 is 1.68 bits per heavy atom. The Hall–Kier alpha value is -5.53. The van der Waals surface area contributed by atoms with Gasteiger partial charge in [-0.05, 0) is 90.7 Å². The number of hydrogen-bond donors (Lipinski definition) is 3. The van der Waals surface area contributed by atoms with Crippen molar-refractivity contribution < 1.29 is 14.3 Å². The Bertz CT molecular complexity index is 1880. The summed E-state index contributed by atoms with van der Waals surface area (Å²) in [6.07, 6.45) is 4.98. The van der Waals surface area contributed by atoms with E-state index in [1.165, 1.54) is 4.90 Å². The molecular weight excluding hydrogens is 632 g/mol. The van der Waals surface area contributed by atoms with Crippen molar-refractivity contribution in [2.45, 2.75) is 44.8 Å². The first-order valence-electron chi connectivity index (χ1n) is 16.8. The number of imide groups is 1. The van der Waals surface area contributed by atoms with Crippen LogP contribution in [0.1, 0.15) is 36.8 Å². The van der Waals surface area contributed by atoms with E-state index in [0.717, 1.165) is 29.5 Å². The number of aromatic amines is 1. The topological polar surface area (TPSA) is 182 Å². The largest absolute Gasteiger partial charge is 0.472 e. The van der Waals surface area contributed by atoms with E-state index in [1.807, 2.05) is 73.6 Å². The number of nitrogens with two attached hydrogens (primary N) is 2. The van der Waals surface area contributed by atoms with Gasteiger partial charge in [0.25, 0.3) is 5.91 Å². The highest BCUT2D eigenvalue weighted by Crippen LogP contribution is 2.33. The van der Waals surface area contributed by atoms with Crippen molar-refractivity contribution in [2.24, 2.45) is 23.3 Å². The SMILES string of the molecule is CN(C)c1ncc(-c2cccc(C[C@H](N)C(=O)N(C(=O)C3CCC(CN)CC3)c3ccc(-c4nn[nH]n4)cc3)c2)c(OCc2ccccc2)n1. The minimum atomic E-state index is -0.993. The van der Waals surface area contributed by atoms with Crippen LogP contribution < -0.4 is 26.0 Å². The quantitative estimate of drug-likeness (QED) is 0.173. The summed E-state index contributed by atoms with van der Waals surface area (Å²) in [6, 6.07) is 23.5. The molecule has 5 N–H and O–H groups in total. The third-order valence-electron chi connectivity index (χ3n) is 9.07. The number of H-pyrrole nitrogens is 1. The fourth-order valence-corrected chi connectivity index (χ4v) is 6.21. The molecule has 1 saturated carbocycles. The van der Waals surface area contributed by atoms with Crippen LogP contribution in [0.2, 0.25) is 0 Å². The van der Waals surface area contributed by atoms with Crippen LogP contribution in [0.15, 0.2) is 85.1 Å². The fraction of sp³-hybridized carbons (Fsp3) is 0.324. The summed E-state index contributed by atoms with van der Waals surface area (Å²) in [4.78, 5) is 40.5. The molecule has 0 spiro atoms. The van der Waals surface area contributed by atoms with Gasteiger partial charge >= 0.3 is 0 Å². The molecule has 2 heterocycles. The van der Waals surface area contributed by atoms with Crippen LogP contribution >= 0.6 is 0 Å². The van der Waals surface area contributed by atoms with Gasteiger partial charge in [0.1, 0.15) is 6.61 Å². The average molecular weight is 675 g/mol. The van der Waals surface area contributed by atoms with Crippen LogP contribution in [0.5, 0.6) is 5.88 Å². The summed E-state index contributed by atoms with van der Waals surface area (Å²) in [6.45, 7) is 0.933.